The number of carbonyl (C=O) groups is 1. The first kappa shape index (κ1) is 14.4. The zero-order valence-corrected chi connectivity index (χ0v) is 11.1. The maximum absolute atomic E-state index is 12.2. The van der Waals surface area contributed by atoms with Crippen molar-refractivity contribution in [2.75, 3.05) is 20.2 Å². The highest BCUT2D eigenvalue weighted by Gasteiger charge is 2.38. The lowest BCUT2D eigenvalue weighted by molar-refractivity contribution is -0.139. The average molecular weight is 264 g/mol. The molecular weight excluding hydrogens is 244 g/mol. The van der Waals surface area contributed by atoms with Gasteiger partial charge < -0.3 is 10.5 Å². The molecule has 0 bridgehead atoms. The number of rotatable bonds is 4. The van der Waals surface area contributed by atoms with Gasteiger partial charge in [-0.25, -0.2) is 8.42 Å². The molecule has 0 aromatic carbocycles. The van der Waals surface area contributed by atoms with E-state index in [2.05, 4.69) is 4.74 Å². The van der Waals surface area contributed by atoms with Crippen molar-refractivity contribution in [2.24, 2.45) is 5.73 Å². The van der Waals surface area contributed by atoms with Crippen LogP contribution in [0.15, 0.2) is 0 Å². The molecule has 2 N–H and O–H groups in total. The minimum atomic E-state index is -3.66. The zero-order valence-electron chi connectivity index (χ0n) is 10.3. The molecule has 0 aromatic rings. The van der Waals surface area contributed by atoms with E-state index in [0.29, 0.717) is 6.54 Å². The Morgan fingerprint density at radius 3 is 2.71 bits per heavy atom. The van der Waals surface area contributed by atoms with E-state index >= 15 is 0 Å². The van der Waals surface area contributed by atoms with Crippen LogP contribution in [0.5, 0.6) is 0 Å². The van der Waals surface area contributed by atoms with E-state index < -0.39 is 21.2 Å². The van der Waals surface area contributed by atoms with Crippen LogP contribution in [-0.2, 0) is 19.6 Å². The predicted molar refractivity (Wildman–Crippen MR) is 63.8 cm³/mol. The summed E-state index contributed by atoms with van der Waals surface area (Å²) in [5, 5.41) is -1.17. The Kier molecular flexibility index (Phi) is 4.91. The number of esters is 1. The number of ether oxygens (including phenoxy) is 1. The van der Waals surface area contributed by atoms with Gasteiger partial charge in [-0.2, -0.15) is 4.31 Å². The third-order valence-corrected chi connectivity index (χ3v) is 5.37. The van der Waals surface area contributed by atoms with Crippen molar-refractivity contribution in [3.05, 3.63) is 0 Å². The second-order valence-electron chi connectivity index (χ2n) is 4.21. The lowest BCUT2D eigenvalue weighted by Gasteiger charge is -2.35. The number of methoxy groups -OCH3 is 1. The van der Waals surface area contributed by atoms with E-state index in [4.69, 9.17) is 5.73 Å². The fourth-order valence-corrected chi connectivity index (χ4v) is 3.77. The molecule has 1 fully saturated rings. The standard InChI is InChI=1S/C10H20N2O4S/c1-8(10(13)16-2)17(14,15)12-6-4-3-5-9(12)7-11/h8-9H,3-7,11H2,1-2H3. The molecule has 1 rings (SSSR count). The topological polar surface area (TPSA) is 89.7 Å². The summed E-state index contributed by atoms with van der Waals surface area (Å²) in [6.07, 6.45) is 2.54. The molecule has 1 saturated heterocycles. The van der Waals surface area contributed by atoms with Gasteiger partial charge in [0.1, 0.15) is 0 Å². The van der Waals surface area contributed by atoms with E-state index in [1.807, 2.05) is 0 Å². The van der Waals surface area contributed by atoms with Crippen molar-refractivity contribution < 1.29 is 17.9 Å². The van der Waals surface area contributed by atoms with E-state index in [1.165, 1.54) is 18.3 Å². The Bertz CT molecular complexity index is 369. The lowest BCUT2D eigenvalue weighted by atomic mass is 10.1. The third kappa shape index (κ3) is 2.97. The van der Waals surface area contributed by atoms with Crippen LogP contribution in [0.1, 0.15) is 26.2 Å². The number of carbonyl (C=O) groups excluding carboxylic acids is 1. The summed E-state index contributed by atoms with van der Waals surface area (Å²) in [7, 11) is -2.47. The van der Waals surface area contributed by atoms with Crippen molar-refractivity contribution in [1.82, 2.24) is 4.31 Å². The van der Waals surface area contributed by atoms with Crippen molar-refractivity contribution in [1.29, 1.82) is 0 Å². The number of nitrogens with zero attached hydrogens (tertiary/aromatic N) is 1. The van der Waals surface area contributed by atoms with Crippen molar-refractivity contribution in [3.63, 3.8) is 0 Å². The normalized spacial score (nSPS) is 24.3. The molecule has 7 heteroatoms. The molecule has 0 aromatic heterocycles. The van der Waals surface area contributed by atoms with Gasteiger partial charge in [0.2, 0.25) is 10.0 Å². The molecular formula is C10H20N2O4S. The first-order chi connectivity index (χ1) is 7.95. The summed E-state index contributed by atoms with van der Waals surface area (Å²) in [6, 6.07) is -0.194. The average Bonchev–Trinajstić information content (AvgIpc) is 2.36. The first-order valence-corrected chi connectivity index (χ1v) is 7.24. The largest absolute Gasteiger partial charge is 0.468 e. The van der Waals surface area contributed by atoms with Crippen LogP contribution in [0, 0.1) is 0 Å². The summed E-state index contributed by atoms with van der Waals surface area (Å²) >= 11 is 0. The van der Waals surface area contributed by atoms with Gasteiger partial charge in [0, 0.05) is 19.1 Å². The lowest BCUT2D eigenvalue weighted by Crippen LogP contribution is -2.51. The molecule has 0 saturated carbocycles. The van der Waals surface area contributed by atoms with E-state index in [9.17, 15) is 13.2 Å². The summed E-state index contributed by atoms with van der Waals surface area (Å²) in [6.45, 7) is 2.07. The summed E-state index contributed by atoms with van der Waals surface area (Å²) < 4.78 is 30.3. The molecule has 2 unspecified atom stereocenters. The van der Waals surface area contributed by atoms with Crippen molar-refractivity contribution >= 4 is 16.0 Å². The maximum Gasteiger partial charge on any atom is 0.325 e. The van der Waals surface area contributed by atoms with Crippen LogP contribution < -0.4 is 5.73 Å². The number of sulfonamides is 1. The highest BCUT2D eigenvalue weighted by Crippen LogP contribution is 2.22. The van der Waals surface area contributed by atoms with Gasteiger partial charge >= 0.3 is 5.97 Å². The first-order valence-electron chi connectivity index (χ1n) is 5.73. The van der Waals surface area contributed by atoms with Crippen molar-refractivity contribution in [3.8, 4) is 0 Å². The van der Waals surface area contributed by atoms with Crippen LogP contribution in [0.4, 0.5) is 0 Å². The van der Waals surface area contributed by atoms with Crippen LogP contribution in [0.25, 0.3) is 0 Å². The van der Waals surface area contributed by atoms with E-state index in [1.54, 1.807) is 0 Å². The number of hydrogen-bond acceptors (Lipinski definition) is 5. The molecule has 2 atom stereocenters. The molecule has 1 heterocycles. The Hall–Kier alpha value is -0.660. The minimum Gasteiger partial charge on any atom is -0.468 e. The van der Waals surface area contributed by atoms with Crippen molar-refractivity contribution in [2.45, 2.75) is 37.5 Å². The maximum atomic E-state index is 12.2. The summed E-state index contributed by atoms with van der Waals surface area (Å²) in [5.74, 6) is -0.730. The van der Waals surface area contributed by atoms with Gasteiger partial charge in [-0.05, 0) is 19.8 Å². The number of hydrogen-bond donors (Lipinski definition) is 1. The molecule has 100 valence electrons. The van der Waals surface area contributed by atoms with Gasteiger partial charge in [0.25, 0.3) is 0 Å². The smallest absolute Gasteiger partial charge is 0.325 e. The summed E-state index contributed by atoms with van der Waals surface area (Å²) in [4.78, 5) is 11.3. The van der Waals surface area contributed by atoms with E-state index in [0.717, 1.165) is 19.3 Å². The fraction of sp³-hybridized carbons (Fsp3) is 0.900. The Balaban J connectivity index is 2.91. The predicted octanol–water partition coefficient (Wildman–Crippen LogP) is -0.309. The Labute approximate surface area is 102 Å². The van der Waals surface area contributed by atoms with Gasteiger partial charge in [-0.15, -0.1) is 0 Å². The molecule has 0 aliphatic carbocycles. The van der Waals surface area contributed by atoms with Crippen LogP contribution in [0.3, 0.4) is 0 Å². The Morgan fingerprint density at radius 2 is 2.18 bits per heavy atom. The molecule has 0 radical (unpaired) electrons. The summed E-state index contributed by atoms with van der Waals surface area (Å²) in [5.41, 5.74) is 5.58. The minimum absolute atomic E-state index is 0.194. The van der Waals surface area contributed by atoms with Crippen LogP contribution in [-0.4, -0.2) is 50.2 Å². The molecule has 0 amide bonds. The molecule has 0 spiro atoms. The van der Waals surface area contributed by atoms with Gasteiger partial charge in [-0.3, -0.25) is 4.79 Å². The highest BCUT2D eigenvalue weighted by atomic mass is 32.2. The SMILES string of the molecule is COC(=O)C(C)S(=O)(=O)N1CCCCC1CN. The second-order valence-corrected chi connectivity index (χ2v) is 6.41. The highest BCUT2D eigenvalue weighted by molar-refractivity contribution is 7.90. The van der Waals surface area contributed by atoms with Gasteiger partial charge in [-0.1, -0.05) is 6.42 Å². The fourth-order valence-electron chi connectivity index (χ4n) is 2.04. The molecule has 6 nitrogen and oxygen atoms in total. The second kappa shape index (κ2) is 5.79. The molecule has 17 heavy (non-hydrogen) atoms. The Morgan fingerprint density at radius 1 is 1.53 bits per heavy atom. The van der Waals surface area contributed by atoms with E-state index in [-0.39, 0.29) is 12.6 Å². The van der Waals surface area contributed by atoms with Gasteiger partial charge in [0.15, 0.2) is 5.25 Å². The van der Waals surface area contributed by atoms with Crippen LogP contribution >= 0.6 is 0 Å². The number of piperidine rings is 1. The van der Waals surface area contributed by atoms with Gasteiger partial charge in [0.05, 0.1) is 7.11 Å². The van der Waals surface area contributed by atoms with Crippen LogP contribution in [0.2, 0.25) is 0 Å². The zero-order chi connectivity index (χ0) is 13.1. The molecule has 1 aliphatic heterocycles. The quantitative estimate of drug-likeness (QED) is 0.704. The monoisotopic (exact) mass is 264 g/mol. The molecule has 1 aliphatic rings. The number of nitrogens with two attached hydrogens (primary N) is 1. The third-order valence-electron chi connectivity index (χ3n) is 3.15.